The fraction of sp³-hybridized carbons (Fsp3) is 0.667. The van der Waals surface area contributed by atoms with E-state index >= 15 is 0 Å². The number of rotatable bonds is 5. The van der Waals surface area contributed by atoms with Crippen LogP contribution in [0, 0.1) is 12.3 Å². The van der Waals surface area contributed by atoms with Gasteiger partial charge in [0.1, 0.15) is 0 Å². The van der Waals surface area contributed by atoms with E-state index in [2.05, 4.69) is 5.92 Å². The normalized spacial score (nSPS) is 11.8. The fourth-order valence-corrected chi connectivity index (χ4v) is 0.689. The summed E-state index contributed by atoms with van der Waals surface area (Å²) in [4.78, 5) is 10.9. The number of carbonyl (C=O) groups excluding carboxylic acids is 1. The molecule has 0 N–H and O–H groups in total. The molecule has 0 rings (SSSR count). The van der Waals surface area contributed by atoms with E-state index in [1.165, 1.54) is 7.11 Å². The first kappa shape index (κ1) is 11.0. The molecule has 0 aliphatic carbocycles. The van der Waals surface area contributed by atoms with Crippen LogP contribution in [0.15, 0.2) is 0 Å². The topological polar surface area (TPSA) is 35.5 Å². The molecule has 0 spiro atoms. The number of hydrogen-bond donors (Lipinski definition) is 0. The Morgan fingerprint density at radius 1 is 1.67 bits per heavy atom. The zero-order valence-corrected chi connectivity index (χ0v) is 7.50. The lowest BCUT2D eigenvalue weighted by Gasteiger charge is -2.10. The van der Waals surface area contributed by atoms with E-state index in [4.69, 9.17) is 15.9 Å². The lowest BCUT2D eigenvalue weighted by atomic mass is 10.3. The number of esters is 1. The van der Waals surface area contributed by atoms with Crippen molar-refractivity contribution >= 4 is 5.97 Å². The van der Waals surface area contributed by atoms with Gasteiger partial charge in [-0.2, -0.15) is 0 Å². The third-order valence-corrected chi connectivity index (χ3v) is 1.23. The minimum atomic E-state index is -0.547. The average Bonchev–Trinajstić information content (AvgIpc) is 2.04. The van der Waals surface area contributed by atoms with E-state index in [9.17, 15) is 4.79 Å². The molecule has 3 nitrogen and oxygen atoms in total. The Balaban J connectivity index is 3.71. The Labute approximate surface area is 73.0 Å². The van der Waals surface area contributed by atoms with E-state index in [1.807, 2.05) is 6.92 Å². The van der Waals surface area contributed by atoms with Crippen LogP contribution >= 0.6 is 0 Å². The molecule has 0 aromatic heterocycles. The van der Waals surface area contributed by atoms with Crippen LogP contribution in [0.3, 0.4) is 0 Å². The lowest BCUT2D eigenvalue weighted by molar-refractivity contribution is -0.148. The van der Waals surface area contributed by atoms with Gasteiger partial charge in [0.15, 0.2) is 6.10 Å². The minimum absolute atomic E-state index is 0.256. The van der Waals surface area contributed by atoms with E-state index < -0.39 is 6.10 Å². The summed E-state index contributed by atoms with van der Waals surface area (Å²) in [5.41, 5.74) is 0. The minimum Gasteiger partial charge on any atom is -0.447 e. The Hall–Kier alpha value is -1.01. The second-order valence-electron chi connectivity index (χ2n) is 2.35. The smallest absolute Gasteiger partial charge is 0.307 e. The van der Waals surface area contributed by atoms with Crippen molar-refractivity contribution in [3.8, 4) is 12.3 Å². The maximum Gasteiger partial charge on any atom is 0.307 e. The van der Waals surface area contributed by atoms with Gasteiger partial charge in [-0.3, -0.25) is 4.79 Å². The van der Waals surface area contributed by atoms with Gasteiger partial charge in [0.25, 0.3) is 0 Å². The predicted molar refractivity (Wildman–Crippen MR) is 45.5 cm³/mol. The first-order valence-corrected chi connectivity index (χ1v) is 3.89. The van der Waals surface area contributed by atoms with Crippen molar-refractivity contribution in [1.29, 1.82) is 0 Å². The molecule has 1 atom stereocenters. The van der Waals surface area contributed by atoms with Crippen molar-refractivity contribution in [2.24, 2.45) is 0 Å². The molecule has 3 heteroatoms. The van der Waals surface area contributed by atoms with Crippen LogP contribution in [-0.2, 0) is 14.3 Å². The molecule has 0 heterocycles. The van der Waals surface area contributed by atoms with Crippen molar-refractivity contribution in [3.63, 3.8) is 0 Å². The van der Waals surface area contributed by atoms with Crippen LogP contribution < -0.4 is 0 Å². The molecule has 0 saturated heterocycles. The van der Waals surface area contributed by atoms with Crippen LogP contribution in [0.1, 0.15) is 19.8 Å². The molecule has 0 aromatic carbocycles. The van der Waals surface area contributed by atoms with Crippen molar-refractivity contribution in [3.05, 3.63) is 0 Å². The van der Waals surface area contributed by atoms with Gasteiger partial charge in [-0.05, 0) is 6.42 Å². The van der Waals surface area contributed by atoms with Crippen LogP contribution in [0.25, 0.3) is 0 Å². The lowest BCUT2D eigenvalue weighted by Crippen LogP contribution is -2.20. The van der Waals surface area contributed by atoms with Crippen LogP contribution in [-0.4, -0.2) is 25.8 Å². The van der Waals surface area contributed by atoms with Gasteiger partial charge < -0.3 is 9.47 Å². The van der Waals surface area contributed by atoms with E-state index in [-0.39, 0.29) is 12.6 Å². The first-order chi connectivity index (χ1) is 5.74. The predicted octanol–water partition coefficient (Wildman–Crippen LogP) is 0.978. The highest BCUT2D eigenvalue weighted by atomic mass is 16.6. The molecule has 0 fully saturated rings. The largest absolute Gasteiger partial charge is 0.447 e. The third-order valence-electron chi connectivity index (χ3n) is 1.23. The molecule has 1 unspecified atom stereocenters. The summed E-state index contributed by atoms with van der Waals surface area (Å²) < 4.78 is 9.63. The summed E-state index contributed by atoms with van der Waals surface area (Å²) in [7, 11) is 1.51. The van der Waals surface area contributed by atoms with E-state index in [0.717, 1.165) is 6.42 Å². The molecule has 0 aromatic rings. The van der Waals surface area contributed by atoms with Gasteiger partial charge in [0.05, 0.1) is 6.61 Å². The first-order valence-electron chi connectivity index (χ1n) is 3.89. The molecule has 0 amide bonds. The maximum absolute atomic E-state index is 10.9. The van der Waals surface area contributed by atoms with Gasteiger partial charge in [-0.25, -0.2) is 0 Å². The quantitative estimate of drug-likeness (QED) is 0.455. The second kappa shape index (κ2) is 6.68. The van der Waals surface area contributed by atoms with Gasteiger partial charge in [0, 0.05) is 13.5 Å². The highest BCUT2D eigenvalue weighted by Crippen LogP contribution is 1.97. The number of methoxy groups -OCH3 is 1. The zero-order valence-electron chi connectivity index (χ0n) is 7.50. The van der Waals surface area contributed by atoms with E-state index in [0.29, 0.717) is 6.42 Å². The van der Waals surface area contributed by atoms with Crippen molar-refractivity contribution in [2.45, 2.75) is 25.9 Å². The maximum atomic E-state index is 10.9. The molecule has 0 bridgehead atoms. The van der Waals surface area contributed by atoms with Crippen LogP contribution in [0.4, 0.5) is 0 Å². The molecule has 0 saturated carbocycles. The Morgan fingerprint density at radius 2 is 2.33 bits per heavy atom. The van der Waals surface area contributed by atoms with Crippen LogP contribution in [0.5, 0.6) is 0 Å². The molecule has 0 radical (unpaired) electrons. The number of carbonyl (C=O) groups is 1. The summed E-state index contributed by atoms with van der Waals surface area (Å²) >= 11 is 0. The highest BCUT2D eigenvalue weighted by Gasteiger charge is 2.09. The fourth-order valence-electron chi connectivity index (χ4n) is 0.689. The molecular formula is C9H14O3. The number of hydrogen-bond acceptors (Lipinski definition) is 3. The Morgan fingerprint density at radius 3 is 2.75 bits per heavy atom. The summed E-state index contributed by atoms with van der Waals surface area (Å²) in [6.45, 7) is 2.16. The van der Waals surface area contributed by atoms with Crippen molar-refractivity contribution in [1.82, 2.24) is 0 Å². The summed E-state index contributed by atoms with van der Waals surface area (Å²) in [5, 5.41) is 0. The molecule has 12 heavy (non-hydrogen) atoms. The Kier molecular flexibility index (Phi) is 6.12. The molecule has 0 aliphatic heterocycles. The SMILES string of the molecule is C#CC(COC)OC(=O)CCC. The summed E-state index contributed by atoms with van der Waals surface area (Å²) in [6, 6.07) is 0. The number of ether oxygens (including phenoxy) is 2. The third kappa shape index (κ3) is 4.75. The highest BCUT2D eigenvalue weighted by molar-refractivity contribution is 5.69. The molecular weight excluding hydrogens is 156 g/mol. The standard InChI is InChI=1S/C9H14O3/c1-4-6-9(10)12-8(5-2)7-11-3/h2,8H,4,6-7H2,1,3H3. The van der Waals surface area contributed by atoms with E-state index in [1.54, 1.807) is 0 Å². The van der Waals surface area contributed by atoms with Gasteiger partial charge in [-0.1, -0.05) is 12.8 Å². The molecule has 0 aliphatic rings. The summed E-state index contributed by atoms with van der Waals surface area (Å²) in [6.07, 6.45) is 5.72. The second-order valence-corrected chi connectivity index (χ2v) is 2.35. The Bertz CT molecular complexity index is 169. The van der Waals surface area contributed by atoms with Gasteiger partial charge >= 0.3 is 5.97 Å². The molecule has 68 valence electrons. The summed E-state index contributed by atoms with van der Waals surface area (Å²) in [5.74, 6) is 2.06. The zero-order chi connectivity index (χ0) is 9.40. The average molecular weight is 170 g/mol. The van der Waals surface area contributed by atoms with Crippen molar-refractivity contribution in [2.75, 3.05) is 13.7 Å². The number of terminal acetylenes is 1. The van der Waals surface area contributed by atoms with Crippen molar-refractivity contribution < 1.29 is 14.3 Å². The monoisotopic (exact) mass is 170 g/mol. The van der Waals surface area contributed by atoms with Gasteiger partial charge in [-0.15, -0.1) is 6.42 Å². The van der Waals surface area contributed by atoms with Crippen LogP contribution in [0.2, 0.25) is 0 Å². The van der Waals surface area contributed by atoms with Gasteiger partial charge in [0.2, 0.25) is 0 Å².